The number of imide groups is 1. The number of hydrogen-bond donors (Lipinski definition) is 1. The predicted molar refractivity (Wildman–Crippen MR) is 86.5 cm³/mol. The van der Waals surface area contributed by atoms with E-state index in [4.69, 9.17) is 11.6 Å². The standard InChI is InChI=1S/C17H19ClN2O3/c18-13-9-5-8-12-15(13)17(23)20(16(12)22)10-14(21)19-11-6-3-1-2-4-7-11/h5,8-9,11H,1-4,6-7,10H2,(H,19,21). The molecule has 1 N–H and O–H groups in total. The predicted octanol–water partition coefficient (Wildman–Crippen LogP) is 2.78. The molecule has 0 aromatic heterocycles. The van der Waals surface area contributed by atoms with Crippen molar-refractivity contribution in [2.45, 2.75) is 44.6 Å². The molecular formula is C17H19ClN2O3. The van der Waals surface area contributed by atoms with E-state index < -0.39 is 11.8 Å². The molecule has 23 heavy (non-hydrogen) atoms. The third-order valence-electron chi connectivity index (χ3n) is 4.47. The number of benzene rings is 1. The number of nitrogens with zero attached hydrogens (tertiary/aromatic N) is 1. The second-order valence-corrected chi connectivity index (χ2v) is 6.52. The van der Waals surface area contributed by atoms with Crippen LogP contribution in [0.2, 0.25) is 5.02 Å². The molecule has 1 aliphatic heterocycles. The largest absolute Gasteiger partial charge is 0.352 e. The van der Waals surface area contributed by atoms with Crippen molar-refractivity contribution in [2.75, 3.05) is 6.54 Å². The molecule has 5 nitrogen and oxygen atoms in total. The summed E-state index contributed by atoms with van der Waals surface area (Å²) >= 11 is 6.01. The van der Waals surface area contributed by atoms with Crippen LogP contribution >= 0.6 is 11.6 Å². The summed E-state index contributed by atoms with van der Waals surface area (Å²) in [5, 5.41) is 3.19. The Morgan fingerprint density at radius 1 is 1.13 bits per heavy atom. The Labute approximate surface area is 140 Å². The van der Waals surface area contributed by atoms with E-state index in [-0.39, 0.29) is 34.6 Å². The van der Waals surface area contributed by atoms with Crippen LogP contribution in [-0.2, 0) is 4.79 Å². The number of halogens is 1. The second-order valence-electron chi connectivity index (χ2n) is 6.11. The molecule has 1 aliphatic carbocycles. The quantitative estimate of drug-likeness (QED) is 0.682. The van der Waals surface area contributed by atoms with Gasteiger partial charge in [-0.2, -0.15) is 0 Å². The first-order valence-corrected chi connectivity index (χ1v) is 8.40. The molecule has 0 radical (unpaired) electrons. The van der Waals surface area contributed by atoms with Crippen LogP contribution in [0.4, 0.5) is 0 Å². The number of rotatable bonds is 3. The molecule has 1 saturated carbocycles. The molecule has 3 amide bonds. The van der Waals surface area contributed by atoms with Gasteiger partial charge in [-0.15, -0.1) is 0 Å². The van der Waals surface area contributed by atoms with Gasteiger partial charge in [0.05, 0.1) is 16.1 Å². The Bertz CT molecular complexity index is 651. The van der Waals surface area contributed by atoms with Crippen LogP contribution in [0.1, 0.15) is 59.2 Å². The van der Waals surface area contributed by atoms with Crippen molar-refractivity contribution >= 4 is 29.3 Å². The molecule has 1 fully saturated rings. The highest BCUT2D eigenvalue weighted by Gasteiger charge is 2.38. The maximum Gasteiger partial charge on any atom is 0.263 e. The van der Waals surface area contributed by atoms with E-state index >= 15 is 0 Å². The van der Waals surface area contributed by atoms with Gasteiger partial charge < -0.3 is 5.32 Å². The lowest BCUT2D eigenvalue weighted by atomic mass is 10.1. The van der Waals surface area contributed by atoms with Gasteiger partial charge in [0.25, 0.3) is 11.8 Å². The van der Waals surface area contributed by atoms with Crippen LogP contribution in [-0.4, -0.2) is 35.2 Å². The summed E-state index contributed by atoms with van der Waals surface area (Å²) in [6.45, 7) is -0.251. The smallest absolute Gasteiger partial charge is 0.263 e. The first-order valence-electron chi connectivity index (χ1n) is 8.02. The molecule has 0 saturated heterocycles. The van der Waals surface area contributed by atoms with Gasteiger partial charge in [0.15, 0.2) is 0 Å². The van der Waals surface area contributed by atoms with Crippen molar-refractivity contribution in [1.29, 1.82) is 0 Å². The molecule has 6 heteroatoms. The van der Waals surface area contributed by atoms with Crippen molar-refractivity contribution in [3.05, 3.63) is 34.3 Å². The van der Waals surface area contributed by atoms with Gasteiger partial charge in [0.1, 0.15) is 6.54 Å². The number of nitrogens with one attached hydrogen (secondary N) is 1. The average Bonchev–Trinajstić information content (AvgIpc) is 2.72. The molecule has 122 valence electrons. The second kappa shape index (κ2) is 6.71. The fourth-order valence-electron chi connectivity index (χ4n) is 3.28. The zero-order chi connectivity index (χ0) is 16.4. The van der Waals surface area contributed by atoms with Gasteiger partial charge in [-0.1, -0.05) is 43.4 Å². The Hall–Kier alpha value is -1.88. The lowest BCUT2D eigenvalue weighted by Crippen LogP contribution is -2.44. The molecule has 1 aromatic rings. The zero-order valence-corrected chi connectivity index (χ0v) is 13.6. The van der Waals surface area contributed by atoms with E-state index in [1.165, 1.54) is 12.8 Å². The number of fused-ring (bicyclic) bond motifs is 1. The van der Waals surface area contributed by atoms with Crippen molar-refractivity contribution in [3.8, 4) is 0 Å². The highest BCUT2D eigenvalue weighted by molar-refractivity contribution is 6.37. The van der Waals surface area contributed by atoms with Crippen LogP contribution in [0.3, 0.4) is 0 Å². The molecule has 2 aliphatic rings. The minimum absolute atomic E-state index is 0.142. The highest BCUT2D eigenvalue weighted by atomic mass is 35.5. The van der Waals surface area contributed by atoms with E-state index in [9.17, 15) is 14.4 Å². The Morgan fingerprint density at radius 3 is 2.48 bits per heavy atom. The topological polar surface area (TPSA) is 66.5 Å². The Kier molecular flexibility index (Phi) is 4.66. The van der Waals surface area contributed by atoms with Crippen LogP contribution < -0.4 is 5.32 Å². The Balaban J connectivity index is 1.67. The zero-order valence-electron chi connectivity index (χ0n) is 12.8. The minimum Gasteiger partial charge on any atom is -0.352 e. The summed E-state index contributed by atoms with van der Waals surface area (Å²) < 4.78 is 0. The summed E-state index contributed by atoms with van der Waals surface area (Å²) in [5.41, 5.74) is 0.464. The van der Waals surface area contributed by atoms with E-state index in [1.54, 1.807) is 18.2 Å². The van der Waals surface area contributed by atoms with Gasteiger partial charge in [0.2, 0.25) is 5.91 Å². The van der Waals surface area contributed by atoms with E-state index in [0.717, 1.165) is 30.6 Å². The SMILES string of the molecule is O=C(CN1C(=O)c2cccc(Cl)c2C1=O)NC1CCCCCC1. The monoisotopic (exact) mass is 334 g/mol. The summed E-state index contributed by atoms with van der Waals surface area (Å²) in [6.07, 6.45) is 6.52. The minimum atomic E-state index is -0.494. The Morgan fingerprint density at radius 2 is 1.83 bits per heavy atom. The molecule has 0 bridgehead atoms. The van der Waals surface area contributed by atoms with Gasteiger partial charge in [-0.3, -0.25) is 19.3 Å². The number of carbonyl (C=O) groups is 3. The van der Waals surface area contributed by atoms with Crippen molar-refractivity contribution < 1.29 is 14.4 Å². The van der Waals surface area contributed by atoms with Gasteiger partial charge in [0, 0.05) is 6.04 Å². The molecule has 3 rings (SSSR count). The van der Waals surface area contributed by atoms with Gasteiger partial charge >= 0.3 is 0 Å². The molecule has 0 unspecified atom stereocenters. The first-order chi connectivity index (χ1) is 11.1. The number of carbonyl (C=O) groups excluding carboxylic acids is 3. The van der Waals surface area contributed by atoms with Crippen molar-refractivity contribution in [1.82, 2.24) is 10.2 Å². The van der Waals surface area contributed by atoms with Crippen LogP contribution in [0.5, 0.6) is 0 Å². The summed E-state index contributed by atoms with van der Waals surface area (Å²) in [5.74, 6) is -1.24. The first kappa shape index (κ1) is 16.0. The lowest BCUT2D eigenvalue weighted by molar-refractivity contribution is -0.122. The maximum absolute atomic E-state index is 12.4. The van der Waals surface area contributed by atoms with E-state index in [2.05, 4.69) is 5.32 Å². The van der Waals surface area contributed by atoms with Gasteiger partial charge in [-0.05, 0) is 25.0 Å². The van der Waals surface area contributed by atoms with Crippen molar-refractivity contribution in [2.24, 2.45) is 0 Å². The van der Waals surface area contributed by atoms with Crippen LogP contribution in [0, 0.1) is 0 Å². The summed E-state index contributed by atoms with van der Waals surface area (Å²) in [6, 6.07) is 4.90. The average molecular weight is 335 g/mol. The van der Waals surface area contributed by atoms with Crippen LogP contribution in [0.25, 0.3) is 0 Å². The summed E-state index contributed by atoms with van der Waals surface area (Å²) in [4.78, 5) is 37.9. The summed E-state index contributed by atoms with van der Waals surface area (Å²) in [7, 11) is 0. The molecular weight excluding hydrogens is 316 g/mol. The lowest BCUT2D eigenvalue weighted by Gasteiger charge is -2.19. The molecule has 1 heterocycles. The van der Waals surface area contributed by atoms with E-state index in [1.807, 2.05) is 0 Å². The number of amides is 3. The highest BCUT2D eigenvalue weighted by Crippen LogP contribution is 2.28. The fraction of sp³-hybridized carbons (Fsp3) is 0.471. The molecule has 0 atom stereocenters. The third-order valence-corrected chi connectivity index (χ3v) is 4.79. The normalized spacial score (nSPS) is 18.7. The van der Waals surface area contributed by atoms with E-state index in [0.29, 0.717) is 0 Å². The maximum atomic E-state index is 12.4. The third kappa shape index (κ3) is 3.24. The van der Waals surface area contributed by atoms with Crippen molar-refractivity contribution in [3.63, 3.8) is 0 Å². The van der Waals surface area contributed by atoms with Gasteiger partial charge in [-0.25, -0.2) is 0 Å². The van der Waals surface area contributed by atoms with Crippen LogP contribution in [0.15, 0.2) is 18.2 Å². The molecule has 0 spiro atoms. The molecule has 1 aromatic carbocycles. The fourth-order valence-corrected chi connectivity index (χ4v) is 3.53. The number of hydrogen-bond acceptors (Lipinski definition) is 3.